The highest BCUT2D eigenvalue weighted by Gasteiger charge is 2.14. The van der Waals surface area contributed by atoms with E-state index in [0.717, 1.165) is 22.6 Å². The van der Waals surface area contributed by atoms with Gasteiger partial charge < -0.3 is 10.2 Å². The van der Waals surface area contributed by atoms with Gasteiger partial charge in [0.25, 0.3) is 5.09 Å². The molecule has 0 fully saturated rings. The van der Waals surface area contributed by atoms with Crippen molar-refractivity contribution in [2.75, 3.05) is 18.5 Å². The number of hydrogen-bond donors (Lipinski definition) is 1. The normalized spacial score (nSPS) is 15.0. The summed E-state index contributed by atoms with van der Waals surface area (Å²) in [6.45, 7) is 2.68. The van der Waals surface area contributed by atoms with Crippen LogP contribution in [0.1, 0.15) is 19.8 Å². The van der Waals surface area contributed by atoms with Gasteiger partial charge in [-0.3, -0.25) is 4.99 Å². The van der Waals surface area contributed by atoms with Crippen LogP contribution in [0.3, 0.4) is 0 Å². The Bertz CT molecular complexity index is 644. The molecule has 0 aromatic heterocycles. The monoisotopic (exact) mass is 375 g/mol. The average Bonchev–Trinajstić information content (AvgIpc) is 2.60. The number of thioether (sulfide) groups is 1. The lowest BCUT2D eigenvalue weighted by atomic mass is 10.2. The molecular formula is C14H15Cl2N3O3S. The molecule has 0 radical (unpaired) electrons. The first-order chi connectivity index (χ1) is 10.9. The van der Waals surface area contributed by atoms with Crippen LogP contribution in [0.15, 0.2) is 33.7 Å². The Morgan fingerprint density at radius 1 is 1.39 bits per heavy atom. The van der Waals surface area contributed by atoms with Crippen LogP contribution >= 0.6 is 35.0 Å². The second kappa shape index (κ2) is 8.42. The van der Waals surface area contributed by atoms with E-state index in [-0.39, 0.29) is 6.61 Å². The van der Waals surface area contributed by atoms with Crippen LogP contribution in [0, 0.1) is 10.1 Å². The Labute approximate surface area is 148 Å². The fourth-order valence-electron chi connectivity index (χ4n) is 1.99. The summed E-state index contributed by atoms with van der Waals surface area (Å²) < 4.78 is 0. The molecule has 0 saturated heterocycles. The highest BCUT2D eigenvalue weighted by molar-refractivity contribution is 8.17. The van der Waals surface area contributed by atoms with E-state index in [1.54, 1.807) is 18.2 Å². The molecule has 23 heavy (non-hydrogen) atoms. The van der Waals surface area contributed by atoms with Crippen LogP contribution in [-0.4, -0.2) is 23.4 Å². The summed E-state index contributed by atoms with van der Waals surface area (Å²) in [6, 6.07) is 5.17. The molecule has 1 aliphatic heterocycles. The highest BCUT2D eigenvalue weighted by atomic mass is 35.5. The van der Waals surface area contributed by atoms with Gasteiger partial charge in [-0.15, -0.1) is 10.1 Å². The summed E-state index contributed by atoms with van der Waals surface area (Å²) in [5.74, 6) is 0. The molecule has 0 unspecified atom stereocenters. The lowest BCUT2D eigenvalue weighted by Crippen LogP contribution is -2.09. The molecule has 0 aliphatic carbocycles. The van der Waals surface area contributed by atoms with E-state index in [9.17, 15) is 10.1 Å². The summed E-state index contributed by atoms with van der Waals surface area (Å²) >= 11 is 13.4. The first-order valence-electron chi connectivity index (χ1n) is 6.85. The fraction of sp³-hybridized carbons (Fsp3) is 0.357. The third kappa shape index (κ3) is 5.93. The van der Waals surface area contributed by atoms with Gasteiger partial charge in [-0.2, -0.15) is 0 Å². The molecule has 1 heterocycles. The Kier molecular flexibility index (Phi) is 6.56. The minimum Gasteiger partial charge on any atom is -0.335 e. The average molecular weight is 376 g/mol. The molecule has 9 heteroatoms. The van der Waals surface area contributed by atoms with Gasteiger partial charge in [0.2, 0.25) is 0 Å². The van der Waals surface area contributed by atoms with Crippen molar-refractivity contribution < 1.29 is 9.92 Å². The number of anilines is 1. The van der Waals surface area contributed by atoms with Gasteiger partial charge in [0.1, 0.15) is 6.61 Å². The van der Waals surface area contributed by atoms with E-state index in [0.29, 0.717) is 28.2 Å². The van der Waals surface area contributed by atoms with E-state index in [1.807, 2.05) is 6.92 Å². The number of halogens is 2. The van der Waals surface area contributed by atoms with Gasteiger partial charge >= 0.3 is 0 Å². The topological polar surface area (TPSA) is 76.8 Å². The summed E-state index contributed by atoms with van der Waals surface area (Å²) in [5, 5.41) is 14.4. The Morgan fingerprint density at radius 2 is 2.09 bits per heavy atom. The van der Waals surface area contributed by atoms with Crippen LogP contribution in [0.4, 0.5) is 5.69 Å². The number of amidine groups is 1. The molecule has 0 amide bonds. The van der Waals surface area contributed by atoms with Crippen LogP contribution < -0.4 is 5.32 Å². The first kappa shape index (κ1) is 17.9. The lowest BCUT2D eigenvalue weighted by molar-refractivity contribution is -0.757. The van der Waals surface area contributed by atoms with Crippen molar-refractivity contribution in [3.63, 3.8) is 0 Å². The van der Waals surface area contributed by atoms with Crippen LogP contribution in [0.25, 0.3) is 0 Å². The van der Waals surface area contributed by atoms with Gasteiger partial charge in [-0.25, -0.2) is 0 Å². The van der Waals surface area contributed by atoms with Crippen LogP contribution in [-0.2, 0) is 4.84 Å². The summed E-state index contributed by atoms with van der Waals surface area (Å²) in [7, 11) is 0. The SMILES string of the molecule is CC1=C(CCO[N+](=O)[O-])SC(Nc2cc(Cl)cc(Cl)c2)=NCC1. The van der Waals surface area contributed by atoms with E-state index in [1.165, 1.54) is 11.8 Å². The second-order valence-electron chi connectivity index (χ2n) is 4.83. The molecule has 1 aromatic rings. The van der Waals surface area contributed by atoms with Crippen molar-refractivity contribution in [1.82, 2.24) is 0 Å². The predicted molar refractivity (Wildman–Crippen MR) is 94.9 cm³/mol. The molecule has 6 nitrogen and oxygen atoms in total. The van der Waals surface area contributed by atoms with Gasteiger partial charge in [0.05, 0.1) is 0 Å². The van der Waals surface area contributed by atoms with E-state index in [4.69, 9.17) is 23.2 Å². The summed E-state index contributed by atoms with van der Waals surface area (Å²) in [5.41, 5.74) is 1.90. The fourth-order valence-corrected chi connectivity index (χ4v) is 3.54. The van der Waals surface area contributed by atoms with Crippen molar-refractivity contribution in [2.24, 2.45) is 4.99 Å². The van der Waals surface area contributed by atoms with Crippen molar-refractivity contribution >= 4 is 45.8 Å². The van der Waals surface area contributed by atoms with E-state index in [2.05, 4.69) is 15.1 Å². The van der Waals surface area contributed by atoms with Crippen LogP contribution in [0.5, 0.6) is 0 Å². The lowest BCUT2D eigenvalue weighted by Gasteiger charge is -2.12. The Balaban J connectivity index is 2.05. The smallest absolute Gasteiger partial charge is 0.294 e. The number of benzene rings is 1. The first-order valence-corrected chi connectivity index (χ1v) is 8.42. The maximum atomic E-state index is 10.3. The zero-order valence-electron chi connectivity index (χ0n) is 12.3. The largest absolute Gasteiger partial charge is 0.335 e. The number of hydrogen-bond acceptors (Lipinski definition) is 6. The zero-order chi connectivity index (χ0) is 16.8. The molecule has 1 aromatic carbocycles. The number of aliphatic imine (C=N–C) groups is 1. The van der Waals surface area contributed by atoms with Crippen molar-refractivity contribution in [2.45, 2.75) is 19.8 Å². The molecule has 124 valence electrons. The van der Waals surface area contributed by atoms with Crippen molar-refractivity contribution in [3.8, 4) is 0 Å². The van der Waals surface area contributed by atoms with Gasteiger partial charge in [0.15, 0.2) is 5.17 Å². The maximum Gasteiger partial charge on any atom is 0.294 e. The molecule has 2 rings (SSSR count). The van der Waals surface area contributed by atoms with Crippen molar-refractivity contribution in [3.05, 3.63) is 48.8 Å². The van der Waals surface area contributed by atoms with E-state index >= 15 is 0 Å². The quantitative estimate of drug-likeness (QED) is 0.592. The third-order valence-electron chi connectivity index (χ3n) is 3.08. The van der Waals surface area contributed by atoms with Crippen molar-refractivity contribution in [1.29, 1.82) is 0 Å². The second-order valence-corrected chi connectivity index (χ2v) is 6.79. The van der Waals surface area contributed by atoms with Gasteiger partial charge in [-0.05, 0) is 36.4 Å². The van der Waals surface area contributed by atoms with Gasteiger partial charge in [0, 0.05) is 28.7 Å². The standard InChI is InChI=1S/C14H15Cl2N3O3S/c1-9-2-4-17-14(23-13(9)3-5-22-19(20)21)18-12-7-10(15)6-11(16)8-12/h6-8H,2-5H2,1H3,(H,17,18). The molecule has 0 spiro atoms. The molecule has 0 bridgehead atoms. The molecule has 1 N–H and O–H groups in total. The minimum absolute atomic E-state index is 0.0307. The number of rotatable bonds is 5. The molecule has 0 saturated carbocycles. The third-order valence-corrected chi connectivity index (χ3v) is 4.74. The highest BCUT2D eigenvalue weighted by Crippen LogP contribution is 2.31. The Hall–Kier alpha value is -1.44. The summed E-state index contributed by atoms with van der Waals surface area (Å²) in [6.07, 6.45) is 1.27. The Morgan fingerprint density at radius 3 is 2.74 bits per heavy atom. The number of nitrogens with one attached hydrogen (secondary N) is 1. The molecule has 0 atom stereocenters. The summed E-state index contributed by atoms with van der Waals surface area (Å²) in [4.78, 5) is 20.2. The molecule has 1 aliphatic rings. The maximum absolute atomic E-state index is 10.3. The van der Waals surface area contributed by atoms with E-state index < -0.39 is 5.09 Å². The minimum atomic E-state index is -0.779. The number of nitrogens with zero attached hydrogens (tertiary/aromatic N) is 2. The zero-order valence-corrected chi connectivity index (χ0v) is 14.7. The van der Waals surface area contributed by atoms with Crippen LogP contribution in [0.2, 0.25) is 10.0 Å². The molecular weight excluding hydrogens is 361 g/mol. The van der Waals surface area contributed by atoms with Gasteiger partial charge in [-0.1, -0.05) is 40.5 Å². The predicted octanol–water partition coefficient (Wildman–Crippen LogP) is 4.77.